The number of carbonyl (C=O) groups excluding carboxylic acids is 2. The number of esters is 2. The summed E-state index contributed by atoms with van der Waals surface area (Å²) in [4.78, 5) is 36.0. The molecule has 4 aliphatic rings. The van der Waals surface area contributed by atoms with Crippen molar-refractivity contribution in [2.24, 2.45) is 23.7 Å². The molecule has 6 atom stereocenters. The number of hydrogen-bond donors (Lipinski definition) is 1. The number of ether oxygens (including phenoxy) is 2. The molecule has 0 radical (unpaired) electrons. The number of aliphatic hydroxyl groups is 1. The molecule has 1 unspecified atom stereocenters. The topological polar surface area (TPSA) is 129 Å². The SMILES string of the molecule is C#C[C@@H]1C(C)=C2/C=C3\[N-]C(C4=c5[n-]/c(c(C)c5[C@H](O)[C@@H]4C(=O)OC)=C\c4[n-]c(c(C)c4CC)/C=C/1[N-]2)[C@@H](CCC(=O)OCC)[C@@H]3C.[Mg+2]. The molecule has 6 rings (SSSR count). The molecule has 0 amide bonds. The van der Waals surface area contributed by atoms with E-state index in [1.54, 1.807) is 6.92 Å². The van der Waals surface area contributed by atoms with Crippen LogP contribution in [0.4, 0.5) is 0 Å². The molecule has 242 valence electrons. The van der Waals surface area contributed by atoms with Gasteiger partial charge in [0.2, 0.25) is 0 Å². The van der Waals surface area contributed by atoms with Gasteiger partial charge in [-0.15, -0.1) is 39.9 Å². The summed E-state index contributed by atoms with van der Waals surface area (Å²) in [5.74, 6) is 0.507. The summed E-state index contributed by atoms with van der Waals surface area (Å²) in [5.41, 5.74) is 9.01. The molecule has 0 saturated carbocycles. The summed E-state index contributed by atoms with van der Waals surface area (Å²) in [7, 11) is 1.32. The molecule has 10 heteroatoms. The number of aromatic nitrogens is 2. The van der Waals surface area contributed by atoms with Crippen molar-refractivity contribution >= 4 is 52.7 Å². The van der Waals surface area contributed by atoms with Crippen LogP contribution in [-0.2, 0) is 25.5 Å². The van der Waals surface area contributed by atoms with Gasteiger partial charge in [0.15, 0.2) is 0 Å². The largest absolute Gasteiger partial charge is 2.00 e. The Morgan fingerprint density at radius 1 is 1.04 bits per heavy atom. The van der Waals surface area contributed by atoms with E-state index in [1.807, 2.05) is 32.1 Å². The van der Waals surface area contributed by atoms with Crippen LogP contribution in [0.5, 0.6) is 0 Å². The normalized spacial score (nSPS) is 28.5. The van der Waals surface area contributed by atoms with E-state index >= 15 is 0 Å². The maximum Gasteiger partial charge on any atom is 2.00 e. The van der Waals surface area contributed by atoms with Crippen molar-refractivity contribution in [1.29, 1.82) is 0 Å². The van der Waals surface area contributed by atoms with Crippen LogP contribution in [0.2, 0.25) is 0 Å². The fourth-order valence-corrected chi connectivity index (χ4v) is 7.63. The summed E-state index contributed by atoms with van der Waals surface area (Å²) in [5, 5.41) is 23.2. The van der Waals surface area contributed by atoms with E-state index in [4.69, 9.17) is 36.5 Å². The minimum atomic E-state index is -1.15. The van der Waals surface area contributed by atoms with Crippen LogP contribution in [-0.4, -0.2) is 59.9 Å². The minimum Gasteiger partial charge on any atom is -0.681 e. The molecule has 2 aromatic rings. The first-order chi connectivity index (χ1) is 22.0. The summed E-state index contributed by atoms with van der Waals surface area (Å²) in [6.07, 6.45) is 12.3. The molecular weight excluding hydrogens is 605 g/mol. The number of fused-ring (bicyclic) bond motifs is 8. The predicted octanol–water partition coefficient (Wildman–Crippen LogP) is 3.72. The number of carbonyl (C=O) groups is 2. The van der Waals surface area contributed by atoms with Crippen LogP contribution >= 0.6 is 0 Å². The molecule has 1 aliphatic carbocycles. The Hall–Kier alpha value is -3.65. The van der Waals surface area contributed by atoms with Gasteiger partial charge in [-0.05, 0) is 57.9 Å². The Kier molecular flexibility index (Phi) is 9.93. The maximum atomic E-state index is 13.4. The molecule has 5 heterocycles. The van der Waals surface area contributed by atoms with Gasteiger partial charge in [-0.1, -0.05) is 71.9 Å². The van der Waals surface area contributed by atoms with Gasteiger partial charge in [0.25, 0.3) is 0 Å². The second-order valence-corrected chi connectivity index (χ2v) is 12.6. The standard InChI is InChI=1S/C37H40N4O5.Mg/c1-9-21-17(4)24-14-26-19(6)23(12-13-30(42)46-11-3)34(40-26)32-33(37(44)45-8)36(43)31-20(7)27(41-35(31)32)16-29-22(10-2)18(5)25(39-29)15-28(21)38-24;/h1,14-16,19,21,23,33-34,36,43H,10-13H2,2-8H3;/q-4;+2/b26-14-,27-16-,28-15-;/t19-,21+,23-,33+,34?,36-;/m0./s1. The van der Waals surface area contributed by atoms with Crippen molar-refractivity contribution in [3.05, 3.63) is 83.7 Å². The van der Waals surface area contributed by atoms with Gasteiger partial charge in [-0.3, -0.25) is 9.59 Å². The first-order valence-corrected chi connectivity index (χ1v) is 16.0. The first-order valence-electron chi connectivity index (χ1n) is 16.0. The van der Waals surface area contributed by atoms with Crippen molar-refractivity contribution in [2.45, 2.75) is 73.0 Å². The predicted molar refractivity (Wildman–Crippen MR) is 181 cm³/mol. The van der Waals surface area contributed by atoms with Crippen molar-refractivity contribution < 1.29 is 24.2 Å². The van der Waals surface area contributed by atoms with Crippen LogP contribution in [0.1, 0.15) is 80.3 Å². The fourth-order valence-electron chi connectivity index (χ4n) is 7.63. The average Bonchev–Trinajstić information content (AvgIpc) is 3.77. The van der Waals surface area contributed by atoms with Crippen molar-refractivity contribution in [3.63, 3.8) is 0 Å². The minimum absolute atomic E-state index is 0. The van der Waals surface area contributed by atoms with Crippen LogP contribution in [0, 0.1) is 49.9 Å². The van der Waals surface area contributed by atoms with Gasteiger partial charge in [0.05, 0.1) is 19.8 Å². The number of rotatable bonds is 6. The van der Waals surface area contributed by atoms with Gasteiger partial charge < -0.3 is 35.2 Å². The molecular formula is C37H40MgN4O5-2. The van der Waals surface area contributed by atoms with Gasteiger partial charge in [-0.2, -0.15) is 5.70 Å². The number of methoxy groups -OCH3 is 1. The Morgan fingerprint density at radius 2 is 1.79 bits per heavy atom. The van der Waals surface area contributed by atoms with E-state index in [1.165, 1.54) is 7.11 Å². The maximum absolute atomic E-state index is 13.4. The molecule has 47 heavy (non-hydrogen) atoms. The zero-order valence-electron chi connectivity index (χ0n) is 28.2. The van der Waals surface area contributed by atoms with E-state index in [2.05, 4.69) is 26.7 Å². The molecule has 8 bridgehead atoms. The third kappa shape index (κ3) is 5.66. The van der Waals surface area contributed by atoms with Gasteiger partial charge >= 0.3 is 35.0 Å². The quantitative estimate of drug-likeness (QED) is 0.288. The fraction of sp³-hybridized carbons (Fsp3) is 0.459. The molecule has 0 aromatic carbocycles. The molecule has 0 spiro atoms. The summed E-state index contributed by atoms with van der Waals surface area (Å²) < 4.78 is 10.5. The molecule has 1 fully saturated rings. The van der Waals surface area contributed by atoms with Crippen molar-refractivity contribution in [1.82, 2.24) is 9.97 Å². The second-order valence-electron chi connectivity index (χ2n) is 12.6. The smallest absolute Gasteiger partial charge is 0.681 e. The first kappa shape index (κ1) is 34.7. The van der Waals surface area contributed by atoms with E-state index < -0.39 is 24.0 Å². The number of nitrogens with zero attached hydrogens (tertiary/aromatic N) is 4. The van der Waals surface area contributed by atoms with Gasteiger partial charge in [0, 0.05) is 12.3 Å². The third-order valence-electron chi connectivity index (χ3n) is 10.2. The Bertz CT molecular complexity index is 1890. The molecule has 1 saturated heterocycles. The Labute approximate surface area is 292 Å². The van der Waals surface area contributed by atoms with Crippen molar-refractivity contribution in [2.75, 3.05) is 13.7 Å². The number of allylic oxidation sites excluding steroid dienone is 3. The Balaban J connectivity index is 0.00000433. The average molecular weight is 645 g/mol. The number of terminal acetylenes is 1. The molecule has 3 aliphatic heterocycles. The van der Waals surface area contributed by atoms with Gasteiger partial charge in [-0.25, -0.2) is 0 Å². The Morgan fingerprint density at radius 3 is 2.45 bits per heavy atom. The summed E-state index contributed by atoms with van der Waals surface area (Å²) in [6, 6.07) is -0.538. The summed E-state index contributed by atoms with van der Waals surface area (Å²) in [6.45, 7) is 12.2. The van der Waals surface area contributed by atoms with E-state index in [-0.39, 0.29) is 53.2 Å². The number of aliphatic hydroxyl groups excluding tert-OH is 1. The van der Waals surface area contributed by atoms with Crippen LogP contribution in [0.3, 0.4) is 0 Å². The monoisotopic (exact) mass is 644 g/mol. The second kappa shape index (κ2) is 13.5. The third-order valence-corrected chi connectivity index (χ3v) is 10.2. The zero-order valence-corrected chi connectivity index (χ0v) is 29.6. The molecule has 1 N–H and O–H groups in total. The van der Waals surface area contributed by atoms with E-state index in [0.29, 0.717) is 34.9 Å². The van der Waals surface area contributed by atoms with E-state index in [0.717, 1.165) is 57.2 Å². The van der Waals surface area contributed by atoms with Crippen molar-refractivity contribution in [3.8, 4) is 12.3 Å². The summed E-state index contributed by atoms with van der Waals surface area (Å²) >= 11 is 0. The van der Waals surface area contributed by atoms with Gasteiger partial charge in [0.1, 0.15) is 5.92 Å². The molecule has 9 nitrogen and oxygen atoms in total. The zero-order chi connectivity index (χ0) is 33.0. The van der Waals surface area contributed by atoms with E-state index in [9.17, 15) is 14.7 Å². The van der Waals surface area contributed by atoms with Crippen LogP contribution in [0.25, 0.3) is 28.4 Å². The van der Waals surface area contributed by atoms with Crippen LogP contribution in [0.15, 0.2) is 28.7 Å². The van der Waals surface area contributed by atoms with Crippen LogP contribution < -0.4 is 20.7 Å². The number of hydrogen-bond acceptors (Lipinski definition) is 5. The molecule has 2 aromatic heterocycles.